The van der Waals surface area contributed by atoms with Crippen molar-refractivity contribution in [1.29, 1.82) is 0 Å². The number of nitrogens with zero attached hydrogens (tertiary/aromatic N) is 4. The fourth-order valence-corrected chi connectivity index (χ4v) is 4.48. The molecule has 2 aliphatic heterocycles. The highest BCUT2D eigenvalue weighted by molar-refractivity contribution is 5.92. The number of hydrogen-bond donors (Lipinski definition) is 0. The Hall–Kier alpha value is -2.08. The van der Waals surface area contributed by atoms with Crippen LogP contribution < -0.4 is 0 Å². The minimum Gasteiger partial charge on any atom is -0.456 e. The number of aryl methyl sites for hydroxylation is 3. The second-order valence-corrected chi connectivity index (χ2v) is 7.96. The Morgan fingerprint density at radius 1 is 1.22 bits per heavy atom. The van der Waals surface area contributed by atoms with Gasteiger partial charge in [0.25, 0.3) is 5.91 Å². The van der Waals surface area contributed by atoms with E-state index in [0.717, 1.165) is 56.2 Å². The van der Waals surface area contributed by atoms with Gasteiger partial charge in [-0.2, -0.15) is 5.10 Å². The zero-order valence-corrected chi connectivity index (χ0v) is 16.7. The molecule has 4 heterocycles. The number of aromatic nitrogens is 2. The summed E-state index contributed by atoms with van der Waals surface area (Å²) in [6.07, 6.45) is 4.31. The first-order chi connectivity index (χ1) is 13.0. The van der Waals surface area contributed by atoms with E-state index in [1.54, 1.807) is 0 Å². The Morgan fingerprint density at radius 3 is 2.67 bits per heavy atom. The third-order valence-corrected chi connectivity index (χ3v) is 5.86. The summed E-state index contributed by atoms with van der Waals surface area (Å²) < 4.78 is 8.05. The Bertz CT molecular complexity index is 816. The summed E-state index contributed by atoms with van der Waals surface area (Å²) in [5.74, 6) is 1.47. The van der Waals surface area contributed by atoms with Crippen LogP contribution in [0.1, 0.15) is 65.5 Å². The first kappa shape index (κ1) is 18.3. The molecule has 2 aromatic heterocycles. The van der Waals surface area contributed by atoms with Crippen molar-refractivity contribution in [3.8, 4) is 0 Å². The van der Waals surface area contributed by atoms with Crippen LogP contribution in [0.5, 0.6) is 0 Å². The molecule has 1 unspecified atom stereocenters. The molecule has 0 bridgehead atoms. The molecule has 6 heteroatoms. The van der Waals surface area contributed by atoms with Gasteiger partial charge in [0, 0.05) is 37.3 Å². The summed E-state index contributed by atoms with van der Waals surface area (Å²) in [7, 11) is 0. The van der Waals surface area contributed by atoms with Crippen molar-refractivity contribution in [3.63, 3.8) is 0 Å². The third-order valence-electron chi connectivity index (χ3n) is 5.86. The normalized spacial score (nSPS) is 20.7. The number of furan rings is 1. The molecule has 1 amide bonds. The van der Waals surface area contributed by atoms with Gasteiger partial charge >= 0.3 is 0 Å². The largest absolute Gasteiger partial charge is 0.456 e. The smallest absolute Gasteiger partial charge is 0.289 e. The lowest BCUT2D eigenvalue weighted by Crippen LogP contribution is -2.29. The van der Waals surface area contributed by atoms with E-state index in [1.807, 2.05) is 17.9 Å². The molecule has 6 nitrogen and oxygen atoms in total. The molecule has 2 aromatic rings. The van der Waals surface area contributed by atoms with E-state index < -0.39 is 0 Å². The van der Waals surface area contributed by atoms with Gasteiger partial charge in [-0.15, -0.1) is 0 Å². The molecule has 0 N–H and O–H groups in total. The van der Waals surface area contributed by atoms with Crippen LogP contribution in [0.25, 0.3) is 0 Å². The SMILES string of the molecule is CCc1oc(C(=O)N2CCC(n3nc(C)cc3C)C2)cc1CN1CCCC1. The monoisotopic (exact) mass is 370 g/mol. The van der Waals surface area contributed by atoms with E-state index in [9.17, 15) is 4.79 Å². The molecule has 0 aliphatic carbocycles. The lowest BCUT2D eigenvalue weighted by molar-refractivity contribution is 0.0753. The maximum Gasteiger partial charge on any atom is 0.289 e. The van der Waals surface area contributed by atoms with Crippen molar-refractivity contribution in [2.24, 2.45) is 0 Å². The molecule has 2 aliphatic rings. The van der Waals surface area contributed by atoms with E-state index in [1.165, 1.54) is 18.4 Å². The van der Waals surface area contributed by atoms with Gasteiger partial charge in [0.05, 0.1) is 11.7 Å². The van der Waals surface area contributed by atoms with Crippen molar-refractivity contribution in [2.75, 3.05) is 26.2 Å². The number of carbonyl (C=O) groups is 1. The fourth-order valence-electron chi connectivity index (χ4n) is 4.48. The summed E-state index contributed by atoms with van der Waals surface area (Å²) in [5, 5.41) is 4.60. The zero-order chi connectivity index (χ0) is 19.0. The third kappa shape index (κ3) is 3.68. The van der Waals surface area contributed by atoms with Crippen molar-refractivity contribution < 1.29 is 9.21 Å². The predicted octanol–water partition coefficient (Wildman–Crippen LogP) is 3.34. The lowest BCUT2D eigenvalue weighted by atomic mass is 10.2. The summed E-state index contributed by atoms with van der Waals surface area (Å²) in [6.45, 7) is 10.8. The number of hydrogen-bond acceptors (Lipinski definition) is 4. The number of likely N-dealkylation sites (tertiary alicyclic amines) is 2. The van der Waals surface area contributed by atoms with Crippen molar-refractivity contribution >= 4 is 5.91 Å². The maximum atomic E-state index is 13.0. The zero-order valence-electron chi connectivity index (χ0n) is 16.7. The fraction of sp³-hybridized carbons (Fsp3) is 0.619. The number of rotatable bonds is 5. The molecule has 1 atom stereocenters. The minimum absolute atomic E-state index is 0.0152. The van der Waals surface area contributed by atoms with E-state index in [2.05, 4.69) is 34.6 Å². The summed E-state index contributed by atoms with van der Waals surface area (Å²) in [4.78, 5) is 17.4. The molecule has 2 saturated heterocycles. The lowest BCUT2D eigenvalue weighted by Gasteiger charge is -2.16. The van der Waals surface area contributed by atoms with Gasteiger partial charge in [-0.05, 0) is 58.3 Å². The Labute approximate surface area is 161 Å². The van der Waals surface area contributed by atoms with Gasteiger partial charge in [-0.3, -0.25) is 14.4 Å². The molecule has 0 spiro atoms. The van der Waals surface area contributed by atoms with Gasteiger partial charge in [0.15, 0.2) is 5.76 Å². The topological polar surface area (TPSA) is 54.5 Å². The molecule has 0 saturated carbocycles. The molecule has 146 valence electrons. The first-order valence-electron chi connectivity index (χ1n) is 10.2. The average molecular weight is 370 g/mol. The van der Waals surface area contributed by atoms with E-state index >= 15 is 0 Å². The first-order valence-corrected chi connectivity index (χ1v) is 10.2. The standard InChI is InChI=1S/C21H30N4O2/c1-4-19-17(13-23-8-5-6-9-23)12-20(27-19)21(26)24-10-7-18(14-24)25-16(3)11-15(2)22-25/h11-12,18H,4-10,13-14H2,1-3H3. The van der Waals surface area contributed by atoms with E-state index in [0.29, 0.717) is 12.3 Å². The van der Waals surface area contributed by atoms with Gasteiger partial charge < -0.3 is 9.32 Å². The average Bonchev–Trinajstić information content (AvgIpc) is 3.41. The molecule has 0 radical (unpaired) electrons. The Balaban J connectivity index is 1.46. The molecule has 0 aromatic carbocycles. The quantitative estimate of drug-likeness (QED) is 0.810. The van der Waals surface area contributed by atoms with Crippen LogP contribution >= 0.6 is 0 Å². The highest BCUT2D eigenvalue weighted by Crippen LogP contribution is 2.27. The highest BCUT2D eigenvalue weighted by atomic mass is 16.4. The van der Waals surface area contributed by atoms with Crippen LogP contribution in [-0.2, 0) is 13.0 Å². The molecule has 27 heavy (non-hydrogen) atoms. The number of amides is 1. The Morgan fingerprint density at radius 2 is 2.00 bits per heavy atom. The van der Waals surface area contributed by atoms with Gasteiger partial charge in [0.1, 0.15) is 5.76 Å². The van der Waals surface area contributed by atoms with Crippen LogP contribution in [-0.4, -0.2) is 51.7 Å². The molecular weight excluding hydrogens is 340 g/mol. The number of carbonyl (C=O) groups excluding carboxylic acids is 1. The van der Waals surface area contributed by atoms with Crippen molar-refractivity contribution in [2.45, 2.75) is 59.0 Å². The summed E-state index contributed by atoms with van der Waals surface area (Å²) in [6, 6.07) is 4.33. The Kier molecular flexibility index (Phi) is 5.08. The van der Waals surface area contributed by atoms with Crippen LogP contribution in [0.15, 0.2) is 16.5 Å². The second kappa shape index (κ2) is 7.50. The van der Waals surface area contributed by atoms with Gasteiger partial charge in [-0.1, -0.05) is 6.92 Å². The molecular formula is C21H30N4O2. The van der Waals surface area contributed by atoms with Gasteiger partial charge in [-0.25, -0.2) is 0 Å². The van der Waals surface area contributed by atoms with Crippen LogP contribution in [0.2, 0.25) is 0 Å². The van der Waals surface area contributed by atoms with Gasteiger partial charge in [0.2, 0.25) is 0 Å². The van der Waals surface area contributed by atoms with E-state index in [-0.39, 0.29) is 11.9 Å². The summed E-state index contributed by atoms with van der Waals surface area (Å²) >= 11 is 0. The van der Waals surface area contributed by atoms with E-state index in [4.69, 9.17) is 4.42 Å². The second-order valence-electron chi connectivity index (χ2n) is 7.96. The highest BCUT2D eigenvalue weighted by Gasteiger charge is 2.31. The summed E-state index contributed by atoms with van der Waals surface area (Å²) in [5.41, 5.74) is 3.37. The van der Waals surface area contributed by atoms with Crippen molar-refractivity contribution in [1.82, 2.24) is 19.6 Å². The van der Waals surface area contributed by atoms with Crippen LogP contribution in [0.3, 0.4) is 0 Å². The van der Waals surface area contributed by atoms with Crippen LogP contribution in [0, 0.1) is 13.8 Å². The molecule has 4 rings (SSSR count). The van der Waals surface area contributed by atoms with Crippen molar-refractivity contribution in [3.05, 3.63) is 40.6 Å². The molecule has 2 fully saturated rings. The minimum atomic E-state index is 0.0152. The maximum absolute atomic E-state index is 13.0. The predicted molar refractivity (Wildman–Crippen MR) is 104 cm³/mol. The van der Waals surface area contributed by atoms with Crippen LogP contribution in [0.4, 0.5) is 0 Å².